The minimum atomic E-state index is 0.0692. The number of aryl methyl sites for hydroxylation is 1. The maximum Gasteiger partial charge on any atom is 0.254 e. The van der Waals surface area contributed by atoms with Crippen LogP contribution in [0, 0.1) is 11.8 Å². The van der Waals surface area contributed by atoms with Crippen LogP contribution in [0.1, 0.15) is 31.5 Å². The second-order valence-corrected chi connectivity index (χ2v) is 5.54. The van der Waals surface area contributed by atoms with E-state index in [1.807, 2.05) is 6.26 Å². The Balaban J connectivity index is 2.36. The molecule has 0 aliphatic heterocycles. The maximum atomic E-state index is 11.9. The summed E-state index contributed by atoms with van der Waals surface area (Å²) in [5.41, 5.74) is 2.01. The van der Waals surface area contributed by atoms with Crippen molar-refractivity contribution < 1.29 is 0 Å². The van der Waals surface area contributed by atoms with Crippen LogP contribution in [0.4, 0.5) is 0 Å². The molecule has 1 aliphatic rings. The van der Waals surface area contributed by atoms with Gasteiger partial charge in [-0.05, 0) is 37.4 Å². The first kappa shape index (κ1) is 11.7. The van der Waals surface area contributed by atoms with Crippen molar-refractivity contribution in [3.05, 3.63) is 21.6 Å². The lowest BCUT2D eigenvalue weighted by molar-refractivity contribution is 0.337. The van der Waals surface area contributed by atoms with Crippen LogP contribution < -0.4 is 5.56 Å². The molecule has 0 aromatic carbocycles. The van der Waals surface area contributed by atoms with E-state index in [0.717, 1.165) is 35.7 Å². The van der Waals surface area contributed by atoms with Gasteiger partial charge in [-0.1, -0.05) is 25.6 Å². The lowest BCUT2D eigenvalue weighted by atomic mass is 9.80. The number of aromatic nitrogens is 2. The molecule has 0 bridgehead atoms. The quantitative estimate of drug-likeness (QED) is 0.635. The van der Waals surface area contributed by atoms with E-state index in [2.05, 4.69) is 23.8 Å². The van der Waals surface area contributed by atoms with Gasteiger partial charge in [-0.3, -0.25) is 4.79 Å². The van der Waals surface area contributed by atoms with Crippen LogP contribution in [0.25, 0.3) is 0 Å². The number of thioether (sulfide) groups is 1. The van der Waals surface area contributed by atoms with Crippen LogP contribution >= 0.6 is 11.8 Å². The van der Waals surface area contributed by atoms with Crippen molar-refractivity contribution in [2.75, 3.05) is 6.26 Å². The molecule has 3 nitrogen and oxygen atoms in total. The van der Waals surface area contributed by atoms with E-state index in [0.29, 0.717) is 11.8 Å². The molecule has 0 spiro atoms. The second kappa shape index (κ2) is 4.62. The van der Waals surface area contributed by atoms with Gasteiger partial charge in [0.15, 0.2) is 5.16 Å². The fourth-order valence-corrected chi connectivity index (χ4v) is 2.69. The Hall–Kier alpha value is -0.770. The van der Waals surface area contributed by atoms with E-state index >= 15 is 0 Å². The maximum absolute atomic E-state index is 11.9. The molecule has 0 saturated carbocycles. The van der Waals surface area contributed by atoms with Crippen LogP contribution in [0.2, 0.25) is 0 Å². The molecule has 1 aliphatic carbocycles. The van der Waals surface area contributed by atoms with Crippen molar-refractivity contribution in [2.45, 2.75) is 38.3 Å². The highest BCUT2D eigenvalue weighted by molar-refractivity contribution is 7.98. The number of nitrogens with one attached hydrogen (secondary N) is 1. The number of hydrogen-bond donors (Lipinski definition) is 1. The zero-order valence-corrected chi connectivity index (χ0v) is 10.9. The number of aromatic amines is 1. The Labute approximate surface area is 100 Å². The van der Waals surface area contributed by atoms with Gasteiger partial charge in [0, 0.05) is 5.56 Å². The molecule has 0 fully saturated rings. The monoisotopic (exact) mass is 238 g/mol. The van der Waals surface area contributed by atoms with Crippen LogP contribution in [0.3, 0.4) is 0 Å². The Morgan fingerprint density at radius 2 is 2.25 bits per heavy atom. The van der Waals surface area contributed by atoms with E-state index in [1.165, 1.54) is 11.8 Å². The van der Waals surface area contributed by atoms with Gasteiger partial charge >= 0.3 is 0 Å². The molecule has 1 aromatic rings. The third-order valence-corrected chi connectivity index (χ3v) is 4.01. The van der Waals surface area contributed by atoms with E-state index in [-0.39, 0.29) is 5.56 Å². The van der Waals surface area contributed by atoms with Crippen LogP contribution in [0.5, 0.6) is 0 Å². The van der Waals surface area contributed by atoms with Gasteiger partial charge in [0.05, 0.1) is 5.69 Å². The summed E-state index contributed by atoms with van der Waals surface area (Å²) < 4.78 is 0. The predicted molar refractivity (Wildman–Crippen MR) is 67.0 cm³/mol. The second-order valence-electron chi connectivity index (χ2n) is 4.75. The lowest BCUT2D eigenvalue weighted by Crippen LogP contribution is -2.28. The fraction of sp³-hybridized carbons (Fsp3) is 0.667. The molecule has 4 heteroatoms. The summed E-state index contributed by atoms with van der Waals surface area (Å²) in [5, 5.41) is 0.742. The molecular formula is C12H18N2OS. The predicted octanol–water partition coefficient (Wildman–Crippen LogP) is 2.25. The van der Waals surface area contributed by atoms with Gasteiger partial charge in [0.2, 0.25) is 0 Å². The summed E-state index contributed by atoms with van der Waals surface area (Å²) in [6.45, 7) is 4.46. The van der Waals surface area contributed by atoms with E-state index in [4.69, 9.17) is 0 Å². The van der Waals surface area contributed by atoms with Crippen molar-refractivity contribution in [1.82, 2.24) is 9.97 Å². The van der Waals surface area contributed by atoms with Gasteiger partial charge in [0.1, 0.15) is 0 Å². The molecule has 2 rings (SSSR count). The number of rotatable bonds is 2. The van der Waals surface area contributed by atoms with E-state index in [9.17, 15) is 4.79 Å². The minimum absolute atomic E-state index is 0.0692. The molecule has 16 heavy (non-hydrogen) atoms. The summed E-state index contributed by atoms with van der Waals surface area (Å²) in [4.78, 5) is 19.2. The molecule has 0 saturated heterocycles. The topological polar surface area (TPSA) is 45.8 Å². The van der Waals surface area contributed by atoms with Crippen molar-refractivity contribution >= 4 is 11.8 Å². The average Bonchev–Trinajstić information content (AvgIpc) is 2.28. The van der Waals surface area contributed by atoms with E-state index < -0.39 is 0 Å². The fourth-order valence-electron chi connectivity index (χ4n) is 2.29. The van der Waals surface area contributed by atoms with Crippen molar-refractivity contribution in [1.29, 1.82) is 0 Å². The largest absolute Gasteiger partial charge is 0.301 e. The normalized spacial score (nSPS) is 19.9. The molecule has 1 atom stereocenters. The van der Waals surface area contributed by atoms with Crippen molar-refractivity contribution in [2.24, 2.45) is 11.8 Å². The highest BCUT2D eigenvalue weighted by atomic mass is 32.2. The first-order chi connectivity index (χ1) is 7.61. The third kappa shape index (κ3) is 2.17. The Morgan fingerprint density at radius 3 is 2.88 bits per heavy atom. The number of hydrogen-bond acceptors (Lipinski definition) is 3. The number of H-pyrrole nitrogens is 1. The van der Waals surface area contributed by atoms with Crippen LogP contribution in [-0.2, 0) is 12.8 Å². The first-order valence-corrected chi connectivity index (χ1v) is 7.00. The summed E-state index contributed by atoms with van der Waals surface area (Å²) in [6.07, 6.45) is 4.94. The molecule has 1 aromatic heterocycles. The average molecular weight is 238 g/mol. The van der Waals surface area contributed by atoms with Gasteiger partial charge in [-0.15, -0.1) is 0 Å². The molecule has 1 N–H and O–H groups in total. The highest BCUT2D eigenvalue weighted by Gasteiger charge is 2.24. The van der Waals surface area contributed by atoms with Crippen LogP contribution in [0.15, 0.2) is 9.95 Å². The van der Waals surface area contributed by atoms with Crippen LogP contribution in [-0.4, -0.2) is 16.2 Å². The highest BCUT2D eigenvalue weighted by Crippen LogP contribution is 2.27. The number of nitrogens with zero attached hydrogens (tertiary/aromatic N) is 1. The molecule has 0 amide bonds. The molecule has 0 radical (unpaired) electrons. The van der Waals surface area contributed by atoms with Gasteiger partial charge < -0.3 is 4.98 Å². The Bertz CT molecular complexity index is 439. The van der Waals surface area contributed by atoms with E-state index in [1.54, 1.807) is 0 Å². The van der Waals surface area contributed by atoms with Gasteiger partial charge in [-0.2, -0.15) is 0 Å². The zero-order chi connectivity index (χ0) is 11.7. The zero-order valence-electron chi connectivity index (χ0n) is 10.0. The summed E-state index contributed by atoms with van der Waals surface area (Å²) in [6, 6.07) is 0. The van der Waals surface area contributed by atoms with Gasteiger partial charge in [0.25, 0.3) is 5.56 Å². The Kier molecular flexibility index (Phi) is 3.38. The summed E-state index contributed by atoms with van der Waals surface area (Å²) in [5.74, 6) is 1.28. The number of fused-ring (bicyclic) bond motifs is 1. The third-order valence-electron chi connectivity index (χ3n) is 3.43. The lowest BCUT2D eigenvalue weighted by Gasteiger charge is -2.26. The van der Waals surface area contributed by atoms with Crippen molar-refractivity contribution in [3.8, 4) is 0 Å². The molecule has 88 valence electrons. The summed E-state index contributed by atoms with van der Waals surface area (Å²) in [7, 11) is 0. The summed E-state index contributed by atoms with van der Waals surface area (Å²) >= 11 is 1.50. The minimum Gasteiger partial charge on any atom is -0.301 e. The molecular weight excluding hydrogens is 220 g/mol. The standard InChI is InChI=1S/C12H18N2OS/c1-7(2)8-4-5-10-9(6-8)11(15)14-12(13-10)16-3/h7-8H,4-6H2,1-3H3,(H,13,14,15). The smallest absolute Gasteiger partial charge is 0.254 e. The van der Waals surface area contributed by atoms with Crippen molar-refractivity contribution in [3.63, 3.8) is 0 Å². The molecule has 1 unspecified atom stereocenters. The SMILES string of the molecule is CSc1nc2c(c(=O)[nH]1)CC(C(C)C)CC2. The molecule has 1 heterocycles. The Morgan fingerprint density at radius 1 is 1.50 bits per heavy atom. The van der Waals surface area contributed by atoms with Gasteiger partial charge in [-0.25, -0.2) is 4.98 Å². The first-order valence-electron chi connectivity index (χ1n) is 5.78.